The summed E-state index contributed by atoms with van der Waals surface area (Å²) < 4.78 is 1.50. The van der Waals surface area contributed by atoms with Crippen molar-refractivity contribution in [1.29, 1.82) is 5.26 Å². The lowest BCUT2D eigenvalue weighted by Crippen LogP contribution is -2.40. The smallest absolute Gasteiger partial charge is 0.321 e. The molecule has 0 radical (unpaired) electrons. The minimum absolute atomic E-state index is 0.375. The minimum Gasteiger partial charge on any atom is -0.341 e. The summed E-state index contributed by atoms with van der Waals surface area (Å²) in [6.45, 7) is 1.61. The number of aromatic nitrogens is 1. The molecule has 1 atom stereocenters. The van der Waals surface area contributed by atoms with Gasteiger partial charge in [-0.15, -0.1) is 0 Å². The Morgan fingerprint density at radius 2 is 2.25 bits per heavy atom. The van der Waals surface area contributed by atoms with Gasteiger partial charge >= 0.3 is 6.03 Å². The largest absolute Gasteiger partial charge is 0.341 e. The lowest BCUT2D eigenvalue weighted by atomic mass is 10.3. The van der Waals surface area contributed by atoms with Gasteiger partial charge in [0.25, 0.3) is 5.91 Å². The van der Waals surface area contributed by atoms with Crippen molar-refractivity contribution in [3.63, 3.8) is 0 Å². The second-order valence-corrected chi connectivity index (χ2v) is 3.16. The SMILES string of the molecule is CNC(=O)NC(=O)C(C)n1cccc1C#N. The summed E-state index contributed by atoms with van der Waals surface area (Å²) in [5.41, 5.74) is 0.375. The van der Waals surface area contributed by atoms with Gasteiger partial charge in [0, 0.05) is 13.2 Å². The van der Waals surface area contributed by atoms with Crippen LogP contribution in [0.4, 0.5) is 4.79 Å². The Balaban J connectivity index is 2.79. The number of amides is 3. The fourth-order valence-electron chi connectivity index (χ4n) is 1.23. The second kappa shape index (κ2) is 4.98. The van der Waals surface area contributed by atoms with E-state index in [0.29, 0.717) is 5.69 Å². The summed E-state index contributed by atoms with van der Waals surface area (Å²) in [6.07, 6.45) is 1.62. The van der Waals surface area contributed by atoms with Gasteiger partial charge in [-0.05, 0) is 19.1 Å². The highest BCUT2D eigenvalue weighted by Crippen LogP contribution is 2.10. The molecule has 0 aliphatic carbocycles. The van der Waals surface area contributed by atoms with E-state index in [9.17, 15) is 9.59 Å². The summed E-state index contributed by atoms with van der Waals surface area (Å²) in [5.74, 6) is -0.466. The van der Waals surface area contributed by atoms with E-state index in [1.165, 1.54) is 11.6 Å². The van der Waals surface area contributed by atoms with Crippen LogP contribution in [0.25, 0.3) is 0 Å². The molecule has 1 rings (SSSR count). The number of nitriles is 1. The number of nitrogens with one attached hydrogen (secondary N) is 2. The fourth-order valence-corrected chi connectivity index (χ4v) is 1.23. The van der Waals surface area contributed by atoms with Crippen molar-refractivity contribution in [2.24, 2.45) is 0 Å². The molecule has 6 heteroatoms. The van der Waals surface area contributed by atoms with E-state index in [1.54, 1.807) is 25.3 Å². The average Bonchev–Trinajstić information content (AvgIpc) is 2.75. The van der Waals surface area contributed by atoms with Crippen LogP contribution in [0, 0.1) is 11.3 Å². The Kier molecular flexibility index (Phi) is 3.67. The molecule has 0 fully saturated rings. The molecular weight excluding hydrogens is 208 g/mol. The molecule has 0 bridgehead atoms. The van der Waals surface area contributed by atoms with Crippen molar-refractivity contribution in [3.8, 4) is 6.07 Å². The Morgan fingerprint density at radius 3 is 2.81 bits per heavy atom. The number of hydrogen-bond donors (Lipinski definition) is 2. The maximum Gasteiger partial charge on any atom is 0.321 e. The van der Waals surface area contributed by atoms with E-state index < -0.39 is 18.0 Å². The molecule has 16 heavy (non-hydrogen) atoms. The van der Waals surface area contributed by atoms with Crippen molar-refractivity contribution >= 4 is 11.9 Å². The van der Waals surface area contributed by atoms with Crippen LogP contribution < -0.4 is 10.6 Å². The predicted octanol–water partition coefficient (Wildman–Crippen LogP) is 0.376. The molecule has 1 aromatic rings. The van der Waals surface area contributed by atoms with E-state index in [4.69, 9.17) is 5.26 Å². The molecule has 84 valence electrons. The van der Waals surface area contributed by atoms with Crippen molar-refractivity contribution in [2.75, 3.05) is 7.05 Å². The zero-order valence-corrected chi connectivity index (χ0v) is 9.02. The lowest BCUT2D eigenvalue weighted by molar-refractivity contribution is -0.122. The first-order chi connectivity index (χ1) is 7.60. The van der Waals surface area contributed by atoms with Crippen molar-refractivity contribution in [1.82, 2.24) is 15.2 Å². The lowest BCUT2D eigenvalue weighted by Gasteiger charge is -2.13. The number of carbonyl (C=O) groups is 2. The maximum atomic E-state index is 11.6. The number of urea groups is 1. The van der Waals surface area contributed by atoms with E-state index in [2.05, 4.69) is 10.6 Å². The molecule has 3 amide bonds. The third-order valence-electron chi connectivity index (χ3n) is 2.15. The number of imide groups is 1. The molecule has 0 saturated heterocycles. The highest BCUT2D eigenvalue weighted by atomic mass is 16.2. The van der Waals surface area contributed by atoms with Gasteiger partial charge in [0.05, 0.1) is 0 Å². The zero-order valence-electron chi connectivity index (χ0n) is 9.02. The van der Waals surface area contributed by atoms with Crippen LogP contribution in [0.15, 0.2) is 18.3 Å². The standard InChI is InChI=1S/C10H12N4O2/c1-7(9(15)13-10(16)12-2)14-5-3-4-8(14)6-11/h3-5,7H,1-2H3,(H2,12,13,15,16). The molecule has 1 unspecified atom stereocenters. The number of nitrogens with zero attached hydrogens (tertiary/aromatic N) is 2. The van der Waals surface area contributed by atoms with Crippen molar-refractivity contribution in [2.45, 2.75) is 13.0 Å². The highest BCUT2D eigenvalue weighted by molar-refractivity contribution is 5.96. The molecule has 0 aliphatic heterocycles. The number of carbonyl (C=O) groups excluding carboxylic acids is 2. The van der Waals surface area contributed by atoms with Gasteiger partial charge in [-0.3, -0.25) is 10.1 Å². The molecule has 6 nitrogen and oxygen atoms in total. The summed E-state index contributed by atoms with van der Waals surface area (Å²) >= 11 is 0. The molecule has 0 spiro atoms. The van der Waals surface area contributed by atoms with Gasteiger partial charge in [0.15, 0.2) is 0 Å². The van der Waals surface area contributed by atoms with E-state index in [1.807, 2.05) is 6.07 Å². The Bertz CT molecular complexity index is 444. The first-order valence-electron chi connectivity index (χ1n) is 4.69. The van der Waals surface area contributed by atoms with Crippen LogP contribution in [0.2, 0.25) is 0 Å². The molecule has 0 saturated carbocycles. The molecule has 0 aromatic carbocycles. The monoisotopic (exact) mass is 220 g/mol. The second-order valence-electron chi connectivity index (χ2n) is 3.16. The van der Waals surface area contributed by atoms with Crippen LogP contribution in [0.3, 0.4) is 0 Å². The van der Waals surface area contributed by atoms with Crippen molar-refractivity contribution < 1.29 is 9.59 Å². The minimum atomic E-state index is -0.609. The highest BCUT2D eigenvalue weighted by Gasteiger charge is 2.18. The van der Waals surface area contributed by atoms with E-state index in [0.717, 1.165) is 0 Å². The molecule has 1 aromatic heterocycles. The first kappa shape index (κ1) is 11.8. The van der Waals surface area contributed by atoms with Gasteiger partial charge in [0.1, 0.15) is 17.8 Å². The topological polar surface area (TPSA) is 86.9 Å². The van der Waals surface area contributed by atoms with Crippen LogP contribution in [-0.4, -0.2) is 23.6 Å². The Morgan fingerprint density at radius 1 is 1.56 bits per heavy atom. The Labute approximate surface area is 92.9 Å². The molecule has 2 N–H and O–H groups in total. The first-order valence-corrected chi connectivity index (χ1v) is 4.69. The van der Waals surface area contributed by atoms with Gasteiger partial charge in [0.2, 0.25) is 0 Å². The average molecular weight is 220 g/mol. The summed E-state index contributed by atoms with van der Waals surface area (Å²) in [7, 11) is 1.42. The summed E-state index contributed by atoms with van der Waals surface area (Å²) in [4.78, 5) is 22.5. The third-order valence-corrected chi connectivity index (χ3v) is 2.15. The summed E-state index contributed by atoms with van der Waals surface area (Å²) in [6, 6.07) is 4.05. The zero-order chi connectivity index (χ0) is 12.1. The molecular formula is C10H12N4O2. The quantitative estimate of drug-likeness (QED) is 0.755. The van der Waals surface area contributed by atoms with Crippen LogP contribution in [0.5, 0.6) is 0 Å². The molecule has 0 aliphatic rings. The van der Waals surface area contributed by atoms with Gasteiger partial charge in [-0.25, -0.2) is 4.79 Å². The van der Waals surface area contributed by atoms with Gasteiger partial charge in [-0.1, -0.05) is 0 Å². The van der Waals surface area contributed by atoms with E-state index >= 15 is 0 Å². The fraction of sp³-hybridized carbons (Fsp3) is 0.300. The van der Waals surface area contributed by atoms with E-state index in [-0.39, 0.29) is 0 Å². The normalized spacial score (nSPS) is 11.3. The van der Waals surface area contributed by atoms with Gasteiger partial charge < -0.3 is 9.88 Å². The third kappa shape index (κ3) is 2.39. The van der Waals surface area contributed by atoms with Crippen LogP contribution in [0.1, 0.15) is 18.7 Å². The maximum absolute atomic E-state index is 11.6. The van der Waals surface area contributed by atoms with Crippen LogP contribution >= 0.6 is 0 Å². The predicted molar refractivity (Wildman–Crippen MR) is 56.5 cm³/mol. The number of rotatable bonds is 2. The van der Waals surface area contributed by atoms with Gasteiger partial charge in [-0.2, -0.15) is 5.26 Å². The number of hydrogen-bond acceptors (Lipinski definition) is 3. The van der Waals surface area contributed by atoms with Crippen molar-refractivity contribution in [3.05, 3.63) is 24.0 Å². The molecule has 1 heterocycles. The Hall–Kier alpha value is -2.29. The summed E-state index contributed by atoms with van der Waals surface area (Å²) in [5, 5.41) is 13.2. The van der Waals surface area contributed by atoms with Crippen LogP contribution in [-0.2, 0) is 4.79 Å².